The van der Waals surface area contributed by atoms with Gasteiger partial charge in [-0.1, -0.05) is 12.1 Å². The Hall–Kier alpha value is -3.26. The highest BCUT2D eigenvalue weighted by molar-refractivity contribution is 6.00. The van der Waals surface area contributed by atoms with Crippen LogP contribution in [0.25, 0.3) is 11.1 Å². The van der Waals surface area contributed by atoms with E-state index in [2.05, 4.69) is 21.3 Å². The van der Waals surface area contributed by atoms with E-state index in [4.69, 9.17) is 13.9 Å². The molecule has 1 aliphatic rings. The summed E-state index contributed by atoms with van der Waals surface area (Å²) in [4.78, 5) is 18.2. The molecule has 164 valence electrons. The molecule has 1 saturated heterocycles. The Kier molecular flexibility index (Phi) is 6.27. The van der Waals surface area contributed by atoms with Crippen molar-refractivity contribution in [3.05, 3.63) is 47.5 Å². The van der Waals surface area contributed by atoms with Crippen LogP contribution in [0.2, 0.25) is 0 Å². The van der Waals surface area contributed by atoms with E-state index in [-0.39, 0.29) is 11.6 Å². The lowest BCUT2D eigenvalue weighted by molar-refractivity contribution is 0.0698. The first-order valence-electron chi connectivity index (χ1n) is 10.5. The molecule has 3 aromatic rings. The zero-order valence-electron chi connectivity index (χ0n) is 17.8. The number of anilines is 1. The summed E-state index contributed by atoms with van der Waals surface area (Å²) < 4.78 is 16.7. The van der Waals surface area contributed by atoms with E-state index in [1.54, 1.807) is 19.2 Å². The van der Waals surface area contributed by atoms with Gasteiger partial charge >= 0.3 is 5.97 Å². The molecule has 8 nitrogen and oxygen atoms in total. The van der Waals surface area contributed by atoms with Crippen molar-refractivity contribution in [2.75, 3.05) is 32.1 Å². The van der Waals surface area contributed by atoms with Gasteiger partial charge in [0.1, 0.15) is 11.1 Å². The van der Waals surface area contributed by atoms with Gasteiger partial charge in [-0.15, -0.1) is 0 Å². The number of carbonyl (C=O) groups is 1. The summed E-state index contributed by atoms with van der Waals surface area (Å²) in [7, 11) is 1.65. The fourth-order valence-electron chi connectivity index (χ4n) is 3.94. The Balaban J connectivity index is 1.35. The molecular formula is C23H27N3O5. The summed E-state index contributed by atoms with van der Waals surface area (Å²) in [6, 6.07) is 11.6. The van der Waals surface area contributed by atoms with Gasteiger partial charge in [0.05, 0.1) is 13.7 Å². The lowest BCUT2D eigenvalue weighted by Gasteiger charge is -2.32. The molecule has 0 saturated carbocycles. The molecule has 2 aromatic carbocycles. The Morgan fingerprint density at radius 1 is 1.26 bits per heavy atom. The number of piperidine rings is 1. The fourth-order valence-corrected chi connectivity index (χ4v) is 3.94. The zero-order chi connectivity index (χ0) is 21.8. The Bertz CT molecular complexity index is 1060. The third-order valence-electron chi connectivity index (χ3n) is 5.49. The zero-order valence-corrected chi connectivity index (χ0v) is 17.8. The standard InChI is InChI=1S/C23H27N3O5/c1-3-30-20-13-15(7-8-19(20)29-2)14-26-11-9-16(10-12-26)24-23-25-18-6-4-5-17(22(27)28)21(18)31-23/h4-8,13,16H,3,9-12,14H2,1-2H3,(H,24,25)(H,27,28). The number of ether oxygens (including phenoxy) is 2. The first-order valence-corrected chi connectivity index (χ1v) is 10.5. The number of likely N-dealkylation sites (tertiary alicyclic amines) is 1. The second-order valence-electron chi connectivity index (χ2n) is 7.59. The molecule has 0 spiro atoms. The average Bonchev–Trinajstić information content (AvgIpc) is 3.18. The van der Waals surface area contributed by atoms with Crippen LogP contribution in [0, 0.1) is 0 Å². The summed E-state index contributed by atoms with van der Waals surface area (Å²) in [6.07, 6.45) is 1.89. The number of carboxylic acids is 1. The summed E-state index contributed by atoms with van der Waals surface area (Å²) in [5.74, 6) is 0.501. The first-order chi connectivity index (χ1) is 15.1. The molecular weight excluding hydrogens is 398 g/mol. The van der Waals surface area contributed by atoms with Gasteiger partial charge in [-0.05, 0) is 49.6 Å². The van der Waals surface area contributed by atoms with E-state index in [0.29, 0.717) is 23.7 Å². The van der Waals surface area contributed by atoms with Gasteiger partial charge in [-0.2, -0.15) is 4.98 Å². The van der Waals surface area contributed by atoms with E-state index < -0.39 is 5.97 Å². The third-order valence-corrected chi connectivity index (χ3v) is 5.49. The molecule has 1 aliphatic heterocycles. The van der Waals surface area contributed by atoms with Gasteiger partial charge in [0.15, 0.2) is 17.1 Å². The number of methoxy groups -OCH3 is 1. The number of rotatable bonds is 8. The lowest BCUT2D eigenvalue weighted by Crippen LogP contribution is -2.38. The van der Waals surface area contributed by atoms with Crippen LogP contribution in [0.5, 0.6) is 11.5 Å². The van der Waals surface area contributed by atoms with Gasteiger partial charge in [-0.3, -0.25) is 4.90 Å². The smallest absolute Gasteiger partial charge is 0.339 e. The number of hydrogen-bond acceptors (Lipinski definition) is 7. The second-order valence-corrected chi connectivity index (χ2v) is 7.59. The number of fused-ring (bicyclic) bond motifs is 1. The lowest BCUT2D eigenvalue weighted by atomic mass is 10.0. The molecule has 2 N–H and O–H groups in total. The SMILES string of the molecule is CCOc1cc(CN2CCC(Nc3nc4cccc(C(=O)O)c4o3)CC2)ccc1OC. The molecule has 0 aliphatic carbocycles. The van der Waals surface area contributed by atoms with Crippen molar-refractivity contribution in [2.24, 2.45) is 0 Å². The van der Waals surface area contributed by atoms with Gasteiger partial charge in [0.2, 0.25) is 0 Å². The highest BCUT2D eigenvalue weighted by atomic mass is 16.5. The summed E-state index contributed by atoms with van der Waals surface area (Å²) in [5.41, 5.74) is 2.17. The van der Waals surface area contributed by atoms with Crippen LogP contribution >= 0.6 is 0 Å². The first kappa shape index (κ1) is 21.0. The Morgan fingerprint density at radius 3 is 2.77 bits per heavy atom. The number of aromatic nitrogens is 1. The number of para-hydroxylation sites is 1. The maximum Gasteiger partial charge on any atom is 0.339 e. The fraction of sp³-hybridized carbons (Fsp3) is 0.391. The van der Waals surface area contributed by atoms with Crippen molar-refractivity contribution < 1.29 is 23.8 Å². The maximum atomic E-state index is 11.4. The van der Waals surface area contributed by atoms with Crippen LogP contribution < -0.4 is 14.8 Å². The van der Waals surface area contributed by atoms with Crippen molar-refractivity contribution >= 4 is 23.1 Å². The number of carboxylic acid groups (broad SMARTS) is 1. The Labute approximate surface area is 180 Å². The van der Waals surface area contributed by atoms with E-state index in [9.17, 15) is 9.90 Å². The minimum Gasteiger partial charge on any atom is -0.493 e. The number of benzene rings is 2. The molecule has 2 heterocycles. The molecule has 31 heavy (non-hydrogen) atoms. The molecule has 8 heteroatoms. The van der Waals surface area contributed by atoms with Crippen LogP contribution in [-0.4, -0.2) is 53.8 Å². The molecule has 4 rings (SSSR count). The summed E-state index contributed by atoms with van der Waals surface area (Å²) in [5, 5.41) is 12.6. The highest BCUT2D eigenvalue weighted by Crippen LogP contribution is 2.29. The number of aromatic carboxylic acids is 1. The molecule has 1 fully saturated rings. The van der Waals surface area contributed by atoms with E-state index in [1.807, 2.05) is 19.1 Å². The topological polar surface area (TPSA) is 97.1 Å². The number of hydrogen-bond donors (Lipinski definition) is 2. The number of nitrogens with one attached hydrogen (secondary N) is 1. The minimum atomic E-state index is -1.02. The average molecular weight is 425 g/mol. The van der Waals surface area contributed by atoms with Crippen LogP contribution in [0.4, 0.5) is 6.01 Å². The largest absolute Gasteiger partial charge is 0.493 e. The summed E-state index contributed by atoms with van der Waals surface area (Å²) in [6.45, 7) is 5.29. The van der Waals surface area contributed by atoms with Crippen LogP contribution in [0.3, 0.4) is 0 Å². The van der Waals surface area contributed by atoms with Crippen molar-refractivity contribution in [2.45, 2.75) is 32.4 Å². The molecule has 1 aromatic heterocycles. The minimum absolute atomic E-state index is 0.124. The number of nitrogens with zero attached hydrogens (tertiary/aromatic N) is 2. The molecule has 0 unspecified atom stereocenters. The highest BCUT2D eigenvalue weighted by Gasteiger charge is 2.22. The molecule has 0 bridgehead atoms. The van der Waals surface area contributed by atoms with Gasteiger partial charge in [0, 0.05) is 25.7 Å². The normalized spacial score (nSPS) is 15.2. The summed E-state index contributed by atoms with van der Waals surface area (Å²) >= 11 is 0. The van der Waals surface area contributed by atoms with E-state index >= 15 is 0 Å². The van der Waals surface area contributed by atoms with Crippen molar-refractivity contribution in [3.63, 3.8) is 0 Å². The maximum absolute atomic E-state index is 11.4. The van der Waals surface area contributed by atoms with Gasteiger partial charge < -0.3 is 24.3 Å². The predicted molar refractivity (Wildman–Crippen MR) is 117 cm³/mol. The Morgan fingerprint density at radius 2 is 2.06 bits per heavy atom. The second kappa shape index (κ2) is 9.26. The quantitative estimate of drug-likeness (QED) is 0.559. The van der Waals surface area contributed by atoms with E-state index in [1.165, 1.54) is 11.6 Å². The predicted octanol–water partition coefficient (Wildman–Crippen LogP) is 4.01. The van der Waals surface area contributed by atoms with Crippen LogP contribution in [0.1, 0.15) is 35.7 Å². The van der Waals surface area contributed by atoms with Crippen LogP contribution in [-0.2, 0) is 6.54 Å². The van der Waals surface area contributed by atoms with Crippen molar-refractivity contribution in [1.29, 1.82) is 0 Å². The van der Waals surface area contributed by atoms with E-state index in [0.717, 1.165) is 44.0 Å². The molecule has 0 radical (unpaired) electrons. The third kappa shape index (κ3) is 4.74. The van der Waals surface area contributed by atoms with Crippen molar-refractivity contribution in [3.8, 4) is 11.5 Å². The van der Waals surface area contributed by atoms with Gasteiger partial charge in [0.25, 0.3) is 6.01 Å². The number of oxazole rings is 1. The van der Waals surface area contributed by atoms with Crippen molar-refractivity contribution in [1.82, 2.24) is 9.88 Å². The van der Waals surface area contributed by atoms with Crippen LogP contribution in [0.15, 0.2) is 40.8 Å². The monoisotopic (exact) mass is 425 g/mol. The van der Waals surface area contributed by atoms with Gasteiger partial charge in [-0.25, -0.2) is 4.79 Å². The molecule has 0 amide bonds. The molecule has 0 atom stereocenters.